The number of aromatic nitrogens is 1. The number of anilines is 1. The van der Waals surface area contributed by atoms with E-state index in [4.69, 9.17) is 9.15 Å². The van der Waals surface area contributed by atoms with Crippen molar-refractivity contribution in [3.8, 4) is 0 Å². The third-order valence-corrected chi connectivity index (χ3v) is 6.09. The average Bonchev–Trinajstić information content (AvgIpc) is 3.02. The van der Waals surface area contributed by atoms with Gasteiger partial charge >= 0.3 is 0 Å². The van der Waals surface area contributed by atoms with Crippen LogP contribution in [0.4, 0.5) is 5.88 Å². The van der Waals surface area contributed by atoms with E-state index >= 15 is 0 Å². The fraction of sp³-hybridized carbons (Fsp3) is 0.471. The van der Waals surface area contributed by atoms with Crippen molar-refractivity contribution in [3.05, 3.63) is 34.6 Å². The summed E-state index contributed by atoms with van der Waals surface area (Å²) in [5.74, 6) is 0.709. The van der Waals surface area contributed by atoms with E-state index in [0.717, 1.165) is 4.47 Å². The van der Waals surface area contributed by atoms with Crippen molar-refractivity contribution >= 4 is 31.7 Å². The summed E-state index contributed by atoms with van der Waals surface area (Å²) >= 11 is 3.32. The number of hydrogen-bond donors (Lipinski definition) is 0. The molecule has 3 rings (SSSR count). The molecule has 0 aliphatic carbocycles. The number of halogens is 1. The van der Waals surface area contributed by atoms with Crippen molar-refractivity contribution in [1.82, 2.24) is 4.98 Å². The predicted molar refractivity (Wildman–Crippen MR) is 97.8 cm³/mol. The lowest BCUT2D eigenvalue weighted by Gasteiger charge is -2.26. The van der Waals surface area contributed by atoms with Gasteiger partial charge in [0, 0.05) is 23.0 Å². The largest absolute Gasteiger partial charge is 0.423 e. The van der Waals surface area contributed by atoms with Gasteiger partial charge in [-0.3, -0.25) is 0 Å². The van der Waals surface area contributed by atoms with Gasteiger partial charge in [-0.1, -0.05) is 36.7 Å². The Kier molecular flexibility index (Phi) is 4.96. The van der Waals surface area contributed by atoms with Crippen LogP contribution in [0.1, 0.15) is 26.7 Å². The Hall–Kier alpha value is -1.38. The van der Waals surface area contributed by atoms with Gasteiger partial charge in [0.05, 0.1) is 18.1 Å². The number of oxazole rings is 1. The summed E-state index contributed by atoms with van der Waals surface area (Å²) < 4.78 is 38.4. The molecule has 1 aromatic heterocycles. The summed E-state index contributed by atoms with van der Waals surface area (Å²) in [6.45, 7) is 8.03. The topological polar surface area (TPSA) is 72.6 Å². The number of benzene rings is 1. The molecular weight excluding hydrogens is 408 g/mol. The van der Waals surface area contributed by atoms with E-state index in [1.54, 1.807) is 24.3 Å². The first-order valence-electron chi connectivity index (χ1n) is 8.04. The number of hydrogen-bond acceptors (Lipinski definition) is 6. The fourth-order valence-electron chi connectivity index (χ4n) is 2.49. The Bertz CT molecular complexity index is 848. The summed E-state index contributed by atoms with van der Waals surface area (Å²) in [6.07, 6.45) is 0. The summed E-state index contributed by atoms with van der Waals surface area (Å²) in [6, 6.07) is 6.53. The predicted octanol–water partition coefficient (Wildman–Crippen LogP) is 3.40. The van der Waals surface area contributed by atoms with Gasteiger partial charge in [0.25, 0.3) is 0 Å². The SMILES string of the molecule is CC(C)(C)c1nc(S(=O)(=O)c2ccc(Br)cc2)c(N2CCOCC2)o1. The van der Waals surface area contributed by atoms with E-state index in [0.29, 0.717) is 38.1 Å². The molecule has 1 aromatic carbocycles. The molecule has 136 valence electrons. The minimum atomic E-state index is -3.78. The Labute approximate surface area is 156 Å². The maximum atomic E-state index is 13.2. The summed E-state index contributed by atoms with van der Waals surface area (Å²) in [7, 11) is -3.78. The quantitative estimate of drug-likeness (QED) is 0.745. The Morgan fingerprint density at radius 1 is 1.12 bits per heavy atom. The normalized spacial score (nSPS) is 16.2. The van der Waals surface area contributed by atoms with Crippen LogP contribution in [0.15, 0.2) is 43.1 Å². The number of morpholine rings is 1. The monoisotopic (exact) mass is 428 g/mol. The molecule has 0 amide bonds. The molecule has 0 atom stereocenters. The van der Waals surface area contributed by atoms with Crippen LogP contribution in [0.3, 0.4) is 0 Å². The molecule has 0 N–H and O–H groups in total. The zero-order chi connectivity index (χ0) is 18.2. The van der Waals surface area contributed by atoms with Crippen molar-refractivity contribution in [2.75, 3.05) is 31.2 Å². The van der Waals surface area contributed by atoms with Crippen molar-refractivity contribution < 1.29 is 17.6 Å². The van der Waals surface area contributed by atoms with Crippen LogP contribution < -0.4 is 4.90 Å². The summed E-state index contributed by atoms with van der Waals surface area (Å²) in [5, 5.41) is -0.0263. The minimum absolute atomic E-state index is 0.0263. The van der Waals surface area contributed by atoms with Crippen molar-refractivity contribution in [2.45, 2.75) is 36.1 Å². The highest BCUT2D eigenvalue weighted by Gasteiger charge is 2.34. The molecule has 6 nitrogen and oxygen atoms in total. The highest BCUT2D eigenvalue weighted by Crippen LogP contribution is 2.35. The fourth-order valence-corrected chi connectivity index (χ4v) is 4.07. The standard InChI is InChI=1S/C17H21BrN2O4S/c1-17(2,3)16-19-14(15(24-16)20-8-10-23-11-9-20)25(21,22)13-6-4-12(18)5-7-13/h4-7H,8-11H2,1-3H3. The van der Waals surface area contributed by atoms with Crippen LogP contribution in [-0.4, -0.2) is 39.7 Å². The van der Waals surface area contributed by atoms with Gasteiger partial charge in [-0.05, 0) is 24.3 Å². The van der Waals surface area contributed by atoms with Gasteiger partial charge in [-0.15, -0.1) is 0 Å². The Morgan fingerprint density at radius 2 is 1.72 bits per heavy atom. The van der Waals surface area contributed by atoms with E-state index in [1.807, 2.05) is 25.7 Å². The van der Waals surface area contributed by atoms with Gasteiger partial charge < -0.3 is 14.1 Å². The second-order valence-electron chi connectivity index (χ2n) is 6.94. The molecule has 1 aliphatic heterocycles. The lowest BCUT2D eigenvalue weighted by molar-refractivity contribution is 0.120. The maximum Gasteiger partial charge on any atom is 0.236 e. The van der Waals surface area contributed by atoms with Gasteiger partial charge in [0.1, 0.15) is 0 Å². The number of sulfone groups is 1. The van der Waals surface area contributed by atoms with Gasteiger partial charge in [0.2, 0.25) is 26.6 Å². The van der Waals surface area contributed by atoms with Crippen LogP contribution in [0, 0.1) is 0 Å². The molecule has 2 heterocycles. The molecular formula is C17H21BrN2O4S. The second kappa shape index (κ2) is 6.74. The first kappa shape index (κ1) is 18.4. The number of ether oxygens (including phenoxy) is 1. The molecule has 0 radical (unpaired) electrons. The third-order valence-electron chi connectivity index (χ3n) is 3.90. The maximum absolute atomic E-state index is 13.2. The zero-order valence-electron chi connectivity index (χ0n) is 14.5. The third kappa shape index (κ3) is 3.75. The van der Waals surface area contributed by atoms with Crippen molar-refractivity contribution in [2.24, 2.45) is 0 Å². The van der Waals surface area contributed by atoms with Crippen LogP contribution in [0.25, 0.3) is 0 Å². The zero-order valence-corrected chi connectivity index (χ0v) is 16.9. The van der Waals surface area contributed by atoms with Crippen LogP contribution in [-0.2, 0) is 20.0 Å². The van der Waals surface area contributed by atoms with Crippen molar-refractivity contribution in [3.63, 3.8) is 0 Å². The molecule has 1 saturated heterocycles. The van der Waals surface area contributed by atoms with Gasteiger partial charge in [-0.25, -0.2) is 8.42 Å². The molecule has 1 fully saturated rings. The lowest BCUT2D eigenvalue weighted by Crippen LogP contribution is -2.36. The second-order valence-corrected chi connectivity index (χ2v) is 9.72. The molecule has 0 saturated carbocycles. The molecule has 25 heavy (non-hydrogen) atoms. The van der Waals surface area contributed by atoms with E-state index in [-0.39, 0.29) is 9.92 Å². The minimum Gasteiger partial charge on any atom is -0.423 e. The molecule has 0 bridgehead atoms. The first-order valence-corrected chi connectivity index (χ1v) is 10.3. The van der Waals surface area contributed by atoms with E-state index < -0.39 is 15.3 Å². The average molecular weight is 429 g/mol. The number of rotatable bonds is 3. The molecule has 0 unspecified atom stereocenters. The molecule has 1 aliphatic rings. The van der Waals surface area contributed by atoms with Gasteiger partial charge in [-0.2, -0.15) is 4.98 Å². The summed E-state index contributed by atoms with van der Waals surface area (Å²) in [5.41, 5.74) is -0.394. The van der Waals surface area contributed by atoms with Crippen LogP contribution >= 0.6 is 15.9 Å². The van der Waals surface area contributed by atoms with Crippen LogP contribution in [0.5, 0.6) is 0 Å². The Balaban J connectivity index is 2.12. The van der Waals surface area contributed by atoms with E-state index in [2.05, 4.69) is 20.9 Å². The first-order chi connectivity index (χ1) is 11.7. The van der Waals surface area contributed by atoms with E-state index in [1.165, 1.54) is 0 Å². The smallest absolute Gasteiger partial charge is 0.236 e. The number of nitrogens with zero attached hydrogens (tertiary/aromatic N) is 2. The van der Waals surface area contributed by atoms with Crippen molar-refractivity contribution in [1.29, 1.82) is 0 Å². The molecule has 8 heteroatoms. The molecule has 2 aromatic rings. The van der Waals surface area contributed by atoms with E-state index in [9.17, 15) is 8.42 Å². The lowest BCUT2D eigenvalue weighted by atomic mass is 9.97. The van der Waals surface area contributed by atoms with Crippen LogP contribution in [0.2, 0.25) is 0 Å². The summed E-state index contributed by atoms with van der Waals surface area (Å²) in [4.78, 5) is 6.46. The Morgan fingerprint density at radius 3 is 2.28 bits per heavy atom. The highest BCUT2D eigenvalue weighted by molar-refractivity contribution is 9.10. The molecule has 0 spiro atoms. The van der Waals surface area contributed by atoms with Gasteiger partial charge in [0.15, 0.2) is 0 Å². The highest BCUT2D eigenvalue weighted by atomic mass is 79.9.